The Hall–Kier alpha value is -2.62. The molecule has 30 heavy (non-hydrogen) atoms. The molecule has 0 aliphatic heterocycles. The highest BCUT2D eigenvalue weighted by Gasteiger charge is 2.23. The Morgan fingerprint density at radius 3 is 2.37 bits per heavy atom. The van der Waals surface area contributed by atoms with Gasteiger partial charge in [-0.2, -0.15) is 0 Å². The molecule has 0 aromatic heterocycles. The van der Waals surface area contributed by atoms with E-state index >= 15 is 0 Å². The molecule has 1 saturated carbocycles. The quantitative estimate of drug-likeness (QED) is 0.568. The third-order valence-corrected chi connectivity index (χ3v) is 6.52. The first-order valence-electron chi connectivity index (χ1n) is 9.39. The highest BCUT2D eigenvalue weighted by molar-refractivity contribution is 7.89. The molecule has 2 amide bonds. The summed E-state index contributed by atoms with van der Waals surface area (Å²) in [7, 11) is -3.67. The predicted octanol–water partition coefficient (Wildman–Crippen LogP) is 2.68. The van der Waals surface area contributed by atoms with Gasteiger partial charge in [-0.05, 0) is 55.3 Å². The molecule has 160 valence electrons. The van der Waals surface area contributed by atoms with Crippen LogP contribution in [-0.4, -0.2) is 32.9 Å². The number of carbonyl (C=O) groups is 2. The first-order valence-corrected chi connectivity index (χ1v) is 11.2. The van der Waals surface area contributed by atoms with Crippen molar-refractivity contribution in [3.05, 3.63) is 53.1 Å². The summed E-state index contributed by atoms with van der Waals surface area (Å²) in [5.41, 5.74) is 5.97. The monoisotopic (exact) mass is 451 g/mol. The topological polar surface area (TPSA) is 128 Å². The first kappa shape index (κ1) is 22.1. The van der Waals surface area contributed by atoms with Crippen molar-refractivity contribution in [1.29, 1.82) is 0 Å². The van der Waals surface area contributed by atoms with Gasteiger partial charge in [-0.25, -0.2) is 13.1 Å². The lowest BCUT2D eigenvalue weighted by molar-refractivity contribution is -0.118. The zero-order chi connectivity index (χ0) is 21.7. The lowest BCUT2D eigenvalue weighted by Gasteiger charge is -2.14. The number of carbonyl (C=O) groups excluding carboxylic acids is 2. The summed E-state index contributed by atoms with van der Waals surface area (Å²) >= 11 is 6.15. The van der Waals surface area contributed by atoms with Crippen LogP contribution >= 0.6 is 11.6 Å². The fourth-order valence-electron chi connectivity index (χ4n) is 3.16. The largest absolute Gasteiger partial charge is 0.482 e. The molecule has 3 rings (SSSR count). The van der Waals surface area contributed by atoms with Crippen molar-refractivity contribution in [1.82, 2.24) is 4.72 Å². The van der Waals surface area contributed by atoms with Crippen molar-refractivity contribution in [2.24, 2.45) is 5.73 Å². The van der Waals surface area contributed by atoms with E-state index in [1.54, 1.807) is 12.1 Å². The second-order valence-corrected chi connectivity index (χ2v) is 9.09. The standard InChI is InChI=1S/C20H22ClN3O5S/c21-17-11-16(30(27,28)24-15-3-1-2-4-15)9-10-18(17)29-12-19(25)23-14-7-5-13(6-8-14)20(22)26/h5-11,15,24H,1-4,12H2,(H2,22,26)(H,23,25). The van der Waals surface area contributed by atoms with E-state index in [0.717, 1.165) is 25.7 Å². The molecule has 0 bridgehead atoms. The second kappa shape index (κ2) is 9.46. The van der Waals surface area contributed by atoms with Crippen molar-refractivity contribution in [2.45, 2.75) is 36.6 Å². The molecule has 10 heteroatoms. The number of rotatable bonds is 8. The zero-order valence-electron chi connectivity index (χ0n) is 16.1. The number of ether oxygens (including phenoxy) is 1. The average molecular weight is 452 g/mol. The highest BCUT2D eigenvalue weighted by atomic mass is 35.5. The molecular weight excluding hydrogens is 430 g/mol. The molecule has 4 N–H and O–H groups in total. The number of benzene rings is 2. The number of sulfonamides is 1. The van der Waals surface area contributed by atoms with Gasteiger partial charge in [0.2, 0.25) is 15.9 Å². The third kappa shape index (κ3) is 5.71. The van der Waals surface area contributed by atoms with Gasteiger partial charge in [0.25, 0.3) is 5.91 Å². The second-order valence-electron chi connectivity index (χ2n) is 6.97. The van der Waals surface area contributed by atoms with Crippen LogP contribution in [0.2, 0.25) is 5.02 Å². The molecule has 0 radical (unpaired) electrons. The van der Waals surface area contributed by atoms with Crippen LogP contribution in [0.15, 0.2) is 47.4 Å². The molecular formula is C20H22ClN3O5S. The Bertz CT molecular complexity index is 1030. The maximum Gasteiger partial charge on any atom is 0.262 e. The normalized spacial score (nSPS) is 14.4. The fraction of sp³-hybridized carbons (Fsp3) is 0.300. The molecule has 0 heterocycles. The summed E-state index contributed by atoms with van der Waals surface area (Å²) < 4.78 is 33.1. The van der Waals surface area contributed by atoms with Gasteiger partial charge in [-0.3, -0.25) is 9.59 Å². The summed E-state index contributed by atoms with van der Waals surface area (Å²) in [6.45, 7) is -0.330. The molecule has 0 unspecified atom stereocenters. The number of nitrogens with two attached hydrogens (primary N) is 1. The van der Waals surface area contributed by atoms with Gasteiger partial charge >= 0.3 is 0 Å². The predicted molar refractivity (Wildman–Crippen MR) is 113 cm³/mol. The van der Waals surface area contributed by atoms with Crippen LogP contribution in [0.3, 0.4) is 0 Å². The van der Waals surface area contributed by atoms with Crippen LogP contribution in [-0.2, 0) is 14.8 Å². The number of primary amides is 1. The van der Waals surface area contributed by atoms with Crippen molar-refractivity contribution >= 4 is 39.1 Å². The van der Waals surface area contributed by atoms with E-state index < -0.39 is 21.8 Å². The van der Waals surface area contributed by atoms with Crippen LogP contribution in [0.4, 0.5) is 5.69 Å². The van der Waals surface area contributed by atoms with Crippen LogP contribution in [0, 0.1) is 0 Å². The Kier molecular flexibility index (Phi) is 6.96. The lowest BCUT2D eigenvalue weighted by Crippen LogP contribution is -2.32. The van der Waals surface area contributed by atoms with Crippen LogP contribution < -0.4 is 20.5 Å². The fourth-order valence-corrected chi connectivity index (χ4v) is 4.79. The highest BCUT2D eigenvalue weighted by Crippen LogP contribution is 2.28. The molecule has 0 spiro atoms. The smallest absolute Gasteiger partial charge is 0.262 e. The number of halogens is 1. The van der Waals surface area contributed by atoms with E-state index in [-0.39, 0.29) is 28.3 Å². The van der Waals surface area contributed by atoms with Gasteiger partial charge in [-0.1, -0.05) is 24.4 Å². The minimum atomic E-state index is -3.67. The minimum absolute atomic E-state index is 0.0470. The maximum atomic E-state index is 12.5. The summed E-state index contributed by atoms with van der Waals surface area (Å²) in [5.74, 6) is -0.817. The van der Waals surface area contributed by atoms with Gasteiger partial charge in [0.05, 0.1) is 9.92 Å². The van der Waals surface area contributed by atoms with Crippen molar-refractivity contribution in [3.8, 4) is 5.75 Å². The Labute approximate surface area is 179 Å². The summed E-state index contributed by atoms with van der Waals surface area (Å²) in [4.78, 5) is 23.2. The van der Waals surface area contributed by atoms with E-state index in [1.807, 2.05) is 0 Å². The van der Waals surface area contributed by atoms with Crippen molar-refractivity contribution in [2.75, 3.05) is 11.9 Å². The number of nitrogens with one attached hydrogen (secondary N) is 2. The van der Waals surface area contributed by atoms with E-state index in [9.17, 15) is 18.0 Å². The molecule has 2 aromatic carbocycles. The third-order valence-electron chi connectivity index (χ3n) is 4.70. The van der Waals surface area contributed by atoms with Crippen LogP contribution in [0.1, 0.15) is 36.0 Å². The molecule has 8 nitrogen and oxygen atoms in total. The van der Waals surface area contributed by atoms with E-state index in [0.29, 0.717) is 11.3 Å². The van der Waals surface area contributed by atoms with Gasteiger partial charge < -0.3 is 15.8 Å². The van der Waals surface area contributed by atoms with Crippen molar-refractivity contribution in [3.63, 3.8) is 0 Å². The molecule has 1 aliphatic rings. The first-order chi connectivity index (χ1) is 14.2. The number of hydrogen-bond acceptors (Lipinski definition) is 5. The maximum absolute atomic E-state index is 12.5. The van der Waals surface area contributed by atoms with Gasteiger partial charge in [0, 0.05) is 17.3 Å². The summed E-state index contributed by atoms with van der Waals surface area (Å²) in [6, 6.07) is 10.1. The lowest BCUT2D eigenvalue weighted by atomic mass is 10.2. The minimum Gasteiger partial charge on any atom is -0.482 e. The molecule has 0 atom stereocenters. The molecule has 0 saturated heterocycles. The van der Waals surface area contributed by atoms with Gasteiger partial charge in [0.1, 0.15) is 5.75 Å². The number of anilines is 1. The van der Waals surface area contributed by atoms with Crippen LogP contribution in [0.5, 0.6) is 5.75 Å². The number of hydrogen-bond donors (Lipinski definition) is 3. The average Bonchev–Trinajstić information content (AvgIpc) is 3.19. The molecule has 1 aliphatic carbocycles. The Morgan fingerprint density at radius 2 is 1.77 bits per heavy atom. The van der Waals surface area contributed by atoms with E-state index in [2.05, 4.69) is 10.0 Å². The molecule has 1 fully saturated rings. The summed E-state index contributed by atoms with van der Waals surface area (Å²) in [5, 5.41) is 2.69. The SMILES string of the molecule is NC(=O)c1ccc(NC(=O)COc2ccc(S(=O)(=O)NC3CCCC3)cc2Cl)cc1. The van der Waals surface area contributed by atoms with Crippen LogP contribution in [0.25, 0.3) is 0 Å². The zero-order valence-corrected chi connectivity index (χ0v) is 17.6. The number of amides is 2. The van der Waals surface area contributed by atoms with Crippen molar-refractivity contribution < 1.29 is 22.7 Å². The summed E-state index contributed by atoms with van der Waals surface area (Å²) in [6.07, 6.45) is 3.68. The molecule has 2 aromatic rings. The van der Waals surface area contributed by atoms with E-state index in [4.69, 9.17) is 22.1 Å². The van der Waals surface area contributed by atoms with E-state index in [1.165, 1.54) is 30.3 Å². The Balaban J connectivity index is 1.57. The van der Waals surface area contributed by atoms with Gasteiger partial charge in [0.15, 0.2) is 6.61 Å². The Morgan fingerprint density at radius 1 is 1.10 bits per heavy atom. The van der Waals surface area contributed by atoms with Gasteiger partial charge in [-0.15, -0.1) is 0 Å².